The number of alkyl halides is 3. The maximum Gasteiger partial charge on any atom is 0.416 e. The maximum atomic E-state index is 12.6. The van der Waals surface area contributed by atoms with Gasteiger partial charge in [0, 0.05) is 25.0 Å². The Morgan fingerprint density at radius 2 is 2.00 bits per heavy atom. The molecule has 1 saturated heterocycles. The van der Waals surface area contributed by atoms with Crippen molar-refractivity contribution in [3.8, 4) is 0 Å². The van der Waals surface area contributed by atoms with E-state index in [1.807, 2.05) is 11.9 Å². The molecule has 1 heterocycles. The van der Waals surface area contributed by atoms with Crippen LogP contribution in [-0.4, -0.2) is 31.1 Å². The predicted molar refractivity (Wildman–Crippen MR) is 59.7 cm³/mol. The highest BCUT2D eigenvalue weighted by Crippen LogP contribution is 2.33. The number of nitrogens with two attached hydrogens (primary N) is 1. The lowest BCUT2D eigenvalue weighted by Crippen LogP contribution is -2.28. The molecule has 2 rings (SSSR count). The summed E-state index contributed by atoms with van der Waals surface area (Å²) in [6.45, 7) is 1.43. The summed E-state index contributed by atoms with van der Waals surface area (Å²) in [5, 5.41) is 0. The van der Waals surface area contributed by atoms with Crippen molar-refractivity contribution in [3.63, 3.8) is 0 Å². The molecule has 0 saturated carbocycles. The van der Waals surface area contributed by atoms with Gasteiger partial charge in [0.25, 0.3) is 0 Å². The highest BCUT2D eigenvalue weighted by molar-refractivity contribution is 5.30. The summed E-state index contributed by atoms with van der Waals surface area (Å²) in [5.41, 5.74) is 6.01. The molecule has 0 amide bonds. The molecule has 0 aliphatic carbocycles. The van der Waals surface area contributed by atoms with Crippen LogP contribution in [0.5, 0.6) is 0 Å². The Kier molecular flexibility index (Phi) is 3.14. The van der Waals surface area contributed by atoms with Crippen LogP contribution in [0.25, 0.3) is 0 Å². The molecule has 1 aliphatic heterocycles. The number of hydrogen-bond donors (Lipinski definition) is 1. The average Bonchev–Trinajstić information content (AvgIpc) is 2.57. The second-order valence-corrected chi connectivity index (χ2v) is 4.61. The van der Waals surface area contributed by atoms with Gasteiger partial charge >= 0.3 is 6.18 Å². The molecule has 1 aliphatic rings. The van der Waals surface area contributed by atoms with Gasteiger partial charge in [0.1, 0.15) is 0 Å². The van der Waals surface area contributed by atoms with Crippen LogP contribution in [0.15, 0.2) is 24.3 Å². The summed E-state index contributed by atoms with van der Waals surface area (Å²) < 4.78 is 37.8. The van der Waals surface area contributed by atoms with E-state index in [2.05, 4.69) is 0 Å². The topological polar surface area (TPSA) is 29.3 Å². The largest absolute Gasteiger partial charge is 0.416 e. The first-order valence-corrected chi connectivity index (χ1v) is 5.49. The Morgan fingerprint density at radius 1 is 1.29 bits per heavy atom. The number of hydrogen-bond acceptors (Lipinski definition) is 2. The molecule has 2 nitrogen and oxygen atoms in total. The van der Waals surface area contributed by atoms with Crippen molar-refractivity contribution in [1.82, 2.24) is 4.90 Å². The average molecular weight is 244 g/mol. The van der Waals surface area contributed by atoms with Gasteiger partial charge in [-0.25, -0.2) is 0 Å². The number of likely N-dealkylation sites (tertiary alicyclic amines) is 1. The number of nitrogens with zero attached hydrogens (tertiary/aromatic N) is 1. The first-order chi connectivity index (χ1) is 7.88. The predicted octanol–water partition coefficient (Wildman–Crippen LogP) is 2.06. The van der Waals surface area contributed by atoms with Gasteiger partial charge in [-0.1, -0.05) is 18.2 Å². The van der Waals surface area contributed by atoms with E-state index in [1.54, 1.807) is 6.07 Å². The van der Waals surface area contributed by atoms with Crippen molar-refractivity contribution in [2.24, 2.45) is 5.73 Å². The van der Waals surface area contributed by atoms with Gasteiger partial charge in [-0.15, -0.1) is 0 Å². The lowest BCUT2D eigenvalue weighted by Gasteiger charge is -2.16. The van der Waals surface area contributed by atoms with Crippen molar-refractivity contribution in [2.45, 2.75) is 18.1 Å². The minimum atomic E-state index is -4.29. The van der Waals surface area contributed by atoms with Crippen LogP contribution in [0.4, 0.5) is 13.2 Å². The van der Waals surface area contributed by atoms with Crippen LogP contribution in [0.1, 0.15) is 17.0 Å². The van der Waals surface area contributed by atoms with Gasteiger partial charge in [-0.05, 0) is 18.7 Å². The van der Waals surface area contributed by atoms with Crippen LogP contribution in [0.2, 0.25) is 0 Å². The summed E-state index contributed by atoms with van der Waals surface area (Å²) in [7, 11) is 1.92. The molecule has 2 atom stereocenters. The number of halogens is 3. The van der Waals surface area contributed by atoms with Gasteiger partial charge in [0.15, 0.2) is 0 Å². The standard InChI is InChI=1S/C12H15F3N2/c1-17-6-10(11(16)7-17)8-3-2-4-9(5-8)12(13,14)15/h2-5,10-11H,6-7,16H2,1H3. The van der Waals surface area contributed by atoms with Gasteiger partial charge in [0.05, 0.1) is 5.56 Å². The Bertz CT molecular complexity index is 403. The lowest BCUT2D eigenvalue weighted by atomic mass is 9.93. The zero-order chi connectivity index (χ0) is 12.6. The van der Waals surface area contributed by atoms with Gasteiger partial charge in [-0.3, -0.25) is 0 Å². The summed E-state index contributed by atoms with van der Waals surface area (Å²) >= 11 is 0. The van der Waals surface area contributed by atoms with E-state index < -0.39 is 11.7 Å². The number of rotatable bonds is 1. The molecule has 17 heavy (non-hydrogen) atoms. The van der Waals surface area contributed by atoms with E-state index in [4.69, 9.17) is 5.73 Å². The fraction of sp³-hybridized carbons (Fsp3) is 0.500. The molecule has 1 fully saturated rings. The number of likely N-dealkylation sites (N-methyl/N-ethyl adjacent to an activating group) is 1. The van der Waals surface area contributed by atoms with Crippen LogP contribution >= 0.6 is 0 Å². The van der Waals surface area contributed by atoms with E-state index in [1.165, 1.54) is 12.1 Å². The molecular weight excluding hydrogens is 229 g/mol. The lowest BCUT2D eigenvalue weighted by molar-refractivity contribution is -0.137. The first kappa shape index (κ1) is 12.4. The third kappa shape index (κ3) is 2.61. The van der Waals surface area contributed by atoms with Gasteiger partial charge in [0.2, 0.25) is 0 Å². The molecular formula is C12H15F3N2. The quantitative estimate of drug-likeness (QED) is 0.819. The smallest absolute Gasteiger partial charge is 0.326 e. The molecule has 0 aromatic heterocycles. The Morgan fingerprint density at radius 3 is 2.53 bits per heavy atom. The van der Waals surface area contributed by atoms with E-state index in [0.717, 1.165) is 12.6 Å². The molecule has 1 aromatic carbocycles. The third-order valence-corrected chi connectivity index (χ3v) is 3.19. The molecule has 0 spiro atoms. The van der Waals surface area contributed by atoms with E-state index in [9.17, 15) is 13.2 Å². The Hall–Kier alpha value is -1.07. The van der Waals surface area contributed by atoms with Crippen molar-refractivity contribution in [3.05, 3.63) is 35.4 Å². The zero-order valence-corrected chi connectivity index (χ0v) is 9.54. The summed E-state index contributed by atoms with van der Waals surface area (Å²) in [4.78, 5) is 2.04. The normalized spacial score (nSPS) is 26.4. The highest BCUT2D eigenvalue weighted by Gasteiger charge is 2.33. The van der Waals surface area contributed by atoms with Crippen LogP contribution in [0.3, 0.4) is 0 Å². The fourth-order valence-corrected chi connectivity index (χ4v) is 2.33. The second kappa shape index (κ2) is 4.31. The monoisotopic (exact) mass is 244 g/mol. The SMILES string of the molecule is CN1CC(N)C(c2cccc(C(F)(F)F)c2)C1. The molecule has 1 aromatic rings. The summed E-state index contributed by atoms with van der Waals surface area (Å²) in [6, 6.07) is 5.38. The summed E-state index contributed by atoms with van der Waals surface area (Å²) in [6.07, 6.45) is -4.29. The van der Waals surface area contributed by atoms with E-state index in [-0.39, 0.29) is 12.0 Å². The van der Waals surface area contributed by atoms with E-state index in [0.29, 0.717) is 12.1 Å². The van der Waals surface area contributed by atoms with Crippen molar-refractivity contribution in [2.75, 3.05) is 20.1 Å². The highest BCUT2D eigenvalue weighted by atomic mass is 19.4. The molecule has 2 unspecified atom stereocenters. The van der Waals surface area contributed by atoms with Crippen molar-refractivity contribution < 1.29 is 13.2 Å². The van der Waals surface area contributed by atoms with Crippen LogP contribution in [0, 0.1) is 0 Å². The first-order valence-electron chi connectivity index (χ1n) is 5.49. The Balaban J connectivity index is 2.28. The van der Waals surface area contributed by atoms with Crippen molar-refractivity contribution in [1.29, 1.82) is 0 Å². The Labute approximate surface area is 98.2 Å². The van der Waals surface area contributed by atoms with Gasteiger partial charge in [-0.2, -0.15) is 13.2 Å². The fourth-order valence-electron chi connectivity index (χ4n) is 2.33. The zero-order valence-electron chi connectivity index (χ0n) is 9.54. The van der Waals surface area contributed by atoms with Crippen LogP contribution < -0.4 is 5.73 Å². The molecule has 0 radical (unpaired) electrons. The minimum Gasteiger partial charge on any atom is -0.326 e. The van der Waals surface area contributed by atoms with Gasteiger partial charge < -0.3 is 10.6 Å². The van der Waals surface area contributed by atoms with Crippen molar-refractivity contribution >= 4 is 0 Å². The maximum absolute atomic E-state index is 12.6. The summed E-state index contributed by atoms with van der Waals surface area (Å²) in [5.74, 6) is -0.0118. The molecule has 0 bridgehead atoms. The molecule has 2 N–H and O–H groups in total. The molecule has 5 heteroatoms. The van der Waals surface area contributed by atoms with E-state index >= 15 is 0 Å². The third-order valence-electron chi connectivity index (χ3n) is 3.19. The minimum absolute atomic E-state index is 0.0118. The molecule has 94 valence electrons. The van der Waals surface area contributed by atoms with Crippen LogP contribution in [-0.2, 0) is 6.18 Å². The second-order valence-electron chi connectivity index (χ2n) is 4.61. The number of benzene rings is 1.